The van der Waals surface area contributed by atoms with E-state index in [4.69, 9.17) is 4.74 Å². The molecule has 2 N–H and O–H groups in total. The van der Waals surface area contributed by atoms with E-state index in [0.717, 1.165) is 37.1 Å². The van der Waals surface area contributed by atoms with E-state index in [1.807, 2.05) is 24.3 Å². The zero-order valence-corrected chi connectivity index (χ0v) is 14.5. The van der Waals surface area contributed by atoms with Crippen LogP contribution in [0.2, 0.25) is 0 Å². The van der Waals surface area contributed by atoms with Gasteiger partial charge in [-0.25, -0.2) is 0 Å². The molecule has 2 rings (SSSR count). The van der Waals surface area contributed by atoms with Gasteiger partial charge in [-0.15, -0.1) is 0 Å². The average Bonchev–Trinajstić information content (AvgIpc) is 2.53. The second-order valence-electron chi connectivity index (χ2n) is 6.30. The third-order valence-electron chi connectivity index (χ3n) is 4.07. The molecule has 1 saturated heterocycles. The zero-order chi connectivity index (χ0) is 17.4. The summed E-state index contributed by atoms with van der Waals surface area (Å²) in [5.41, 5.74) is 2.16. The summed E-state index contributed by atoms with van der Waals surface area (Å²) >= 11 is 0. The summed E-state index contributed by atoms with van der Waals surface area (Å²) in [6.07, 6.45) is 1.97. The molecule has 2 amide bonds. The highest BCUT2D eigenvalue weighted by Crippen LogP contribution is 2.10. The minimum atomic E-state index is -0.0118. The Morgan fingerprint density at radius 1 is 1.33 bits per heavy atom. The number of rotatable bonds is 7. The molecule has 0 spiro atoms. The smallest absolute Gasteiger partial charge is 0.234 e. The van der Waals surface area contributed by atoms with Crippen LogP contribution in [0.25, 0.3) is 0 Å². The van der Waals surface area contributed by atoms with Crippen LogP contribution in [0.4, 0.5) is 0 Å². The van der Waals surface area contributed by atoms with Crippen LogP contribution in [0.1, 0.15) is 30.9 Å². The maximum atomic E-state index is 12.2. The first-order valence-corrected chi connectivity index (χ1v) is 8.39. The minimum absolute atomic E-state index is 0.00983. The Kier molecular flexibility index (Phi) is 7.21. The van der Waals surface area contributed by atoms with Gasteiger partial charge in [0.25, 0.3) is 0 Å². The quantitative estimate of drug-likeness (QED) is 0.782. The van der Waals surface area contributed by atoms with Crippen LogP contribution in [0.3, 0.4) is 0 Å². The van der Waals surface area contributed by atoms with E-state index >= 15 is 0 Å². The molecule has 0 radical (unpaired) electrons. The number of hydrogen-bond acceptors (Lipinski definition) is 4. The lowest BCUT2D eigenvalue weighted by Crippen LogP contribution is -2.49. The molecule has 1 aliphatic heterocycles. The number of carbonyl (C=O) groups excluding carboxylic acids is 2. The van der Waals surface area contributed by atoms with Crippen LogP contribution in [0, 0.1) is 0 Å². The zero-order valence-electron chi connectivity index (χ0n) is 14.5. The molecule has 0 saturated carbocycles. The van der Waals surface area contributed by atoms with Gasteiger partial charge in [0.2, 0.25) is 11.8 Å². The number of methoxy groups -OCH3 is 1. The molecular formula is C18H27N3O3. The number of ether oxygens (including phenoxy) is 1. The number of amides is 2. The monoisotopic (exact) mass is 333 g/mol. The Morgan fingerprint density at radius 2 is 2.12 bits per heavy atom. The molecular weight excluding hydrogens is 306 g/mol. The second kappa shape index (κ2) is 9.39. The molecule has 1 aliphatic rings. The van der Waals surface area contributed by atoms with Crippen molar-refractivity contribution in [1.29, 1.82) is 0 Å². The minimum Gasteiger partial charge on any atom is -0.380 e. The third kappa shape index (κ3) is 6.29. The Balaban J connectivity index is 1.76. The fraction of sp³-hybridized carbons (Fsp3) is 0.556. The largest absolute Gasteiger partial charge is 0.380 e. The maximum absolute atomic E-state index is 12.2. The molecule has 1 aromatic rings. The number of nitrogens with zero attached hydrogens (tertiary/aromatic N) is 1. The van der Waals surface area contributed by atoms with E-state index in [1.54, 1.807) is 7.11 Å². The molecule has 1 heterocycles. The molecule has 1 fully saturated rings. The number of hydrogen-bond donors (Lipinski definition) is 2. The van der Waals surface area contributed by atoms with Crippen molar-refractivity contribution < 1.29 is 14.3 Å². The summed E-state index contributed by atoms with van der Waals surface area (Å²) in [6.45, 7) is 4.61. The first-order valence-electron chi connectivity index (χ1n) is 8.39. The van der Waals surface area contributed by atoms with Gasteiger partial charge in [0, 0.05) is 33.2 Å². The van der Waals surface area contributed by atoms with Crippen molar-refractivity contribution in [3.8, 4) is 0 Å². The number of nitrogens with one attached hydrogen (secondary N) is 2. The SMILES string of the molecule is COCc1cccc(CNC(=O)CN2CCCC(NC(C)=O)C2)c1. The van der Waals surface area contributed by atoms with Gasteiger partial charge in [0.15, 0.2) is 0 Å². The van der Waals surface area contributed by atoms with Crippen molar-refractivity contribution in [3.05, 3.63) is 35.4 Å². The van der Waals surface area contributed by atoms with Gasteiger partial charge in [-0.05, 0) is 30.5 Å². The van der Waals surface area contributed by atoms with E-state index in [0.29, 0.717) is 19.7 Å². The average molecular weight is 333 g/mol. The van der Waals surface area contributed by atoms with E-state index in [2.05, 4.69) is 15.5 Å². The highest BCUT2D eigenvalue weighted by atomic mass is 16.5. The molecule has 6 heteroatoms. The Labute approximate surface area is 143 Å². The van der Waals surface area contributed by atoms with Crippen LogP contribution in [0.15, 0.2) is 24.3 Å². The fourth-order valence-corrected chi connectivity index (χ4v) is 3.06. The Hall–Kier alpha value is -1.92. The van der Waals surface area contributed by atoms with Crippen molar-refractivity contribution in [3.63, 3.8) is 0 Å². The normalized spacial score (nSPS) is 18.2. The van der Waals surface area contributed by atoms with E-state index in [-0.39, 0.29) is 17.9 Å². The van der Waals surface area contributed by atoms with E-state index < -0.39 is 0 Å². The van der Waals surface area contributed by atoms with Gasteiger partial charge in [-0.1, -0.05) is 24.3 Å². The molecule has 0 bridgehead atoms. The molecule has 1 unspecified atom stereocenters. The lowest BCUT2D eigenvalue weighted by atomic mass is 10.1. The second-order valence-corrected chi connectivity index (χ2v) is 6.30. The van der Waals surface area contributed by atoms with E-state index in [1.165, 1.54) is 6.92 Å². The fourth-order valence-electron chi connectivity index (χ4n) is 3.06. The molecule has 0 aromatic heterocycles. The lowest BCUT2D eigenvalue weighted by molar-refractivity contribution is -0.122. The summed E-state index contributed by atoms with van der Waals surface area (Å²) in [4.78, 5) is 25.4. The standard InChI is InChI=1S/C18H27N3O3/c1-14(22)20-17-7-4-8-21(11-17)12-18(23)19-10-15-5-3-6-16(9-15)13-24-2/h3,5-6,9,17H,4,7-8,10-13H2,1-2H3,(H,19,23)(H,20,22). The highest BCUT2D eigenvalue weighted by molar-refractivity contribution is 5.78. The summed E-state index contributed by atoms with van der Waals surface area (Å²) in [5.74, 6) is -0.00198. The Bertz CT molecular complexity index is 562. The first-order chi connectivity index (χ1) is 11.6. The van der Waals surface area contributed by atoms with Crippen molar-refractivity contribution in [1.82, 2.24) is 15.5 Å². The van der Waals surface area contributed by atoms with Crippen molar-refractivity contribution >= 4 is 11.8 Å². The van der Waals surface area contributed by atoms with Gasteiger partial charge < -0.3 is 15.4 Å². The maximum Gasteiger partial charge on any atom is 0.234 e. The predicted molar refractivity (Wildman–Crippen MR) is 92.3 cm³/mol. The van der Waals surface area contributed by atoms with Crippen LogP contribution in [0.5, 0.6) is 0 Å². The molecule has 6 nitrogen and oxygen atoms in total. The Morgan fingerprint density at radius 3 is 2.88 bits per heavy atom. The lowest BCUT2D eigenvalue weighted by Gasteiger charge is -2.32. The van der Waals surface area contributed by atoms with Crippen molar-refractivity contribution in [2.75, 3.05) is 26.7 Å². The topological polar surface area (TPSA) is 70.7 Å². The molecule has 0 aliphatic carbocycles. The predicted octanol–water partition coefficient (Wildman–Crippen LogP) is 1.05. The van der Waals surface area contributed by atoms with Gasteiger partial charge in [0.05, 0.1) is 13.2 Å². The van der Waals surface area contributed by atoms with Gasteiger partial charge in [0.1, 0.15) is 0 Å². The van der Waals surface area contributed by atoms with Gasteiger partial charge >= 0.3 is 0 Å². The summed E-state index contributed by atoms with van der Waals surface area (Å²) in [7, 11) is 1.67. The van der Waals surface area contributed by atoms with E-state index in [9.17, 15) is 9.59 Å². The highest BCUT2D eigenvalue weighted by Gasteiger charge is 2.21. The number of carbonyl (C=O) groups is 2. The third-order valence-corrected chi connectivity index (χ3v) is 4.07. The first kappa shape index (κ1) is 18.4. The summed E-state index contributed by atoms with van der Waals surface area (Å²) in [6, 6.07) is 8.16. The van der Waals surface area contributed by atoms with Gasteiger partial charge in [-0.2, -0.15) is 0 Å². The summed E-state index contributed by atoms with van der Waals surface area (Å²) < 4.78 is 5.12. The molecule has 1 atom stereocenters. The van der Waals surface area contributed by atoms with Crippen LogP contribution < -0.4 is 10.6 Å². The number of likely N-dealkylation sites (tertiary alicyclic amines) is 1. The molecule has 1 aromatic carbocycles. The van der Waals surface area contributed by atoms with Crippen LogP contribution in [-0.2, 0) is 27.5 Å². The molecule has 24 heavy (non-hydrogen) atoms. The van der Waals surface area contributed by atoms with Crippen LogP contribution >= 0.6 is 0 Å². The number of benzene rings is 1. The summed E-state index contributed by atoms with van der Waals surface area (Å²) in [5, 5.41) is 5.90. The van der Waals surface area contributed by atoms with Crippen LogP contribution in [-0.4, -0.2) is 49.5 Å². The van der Waals surface area contributed by atoms with Gasteiger partial charge in [-0.3, -0.25) is 14.5 Å². The number of piperidine rings is 1. The molecule has 132 valence electrons. The van der Waals surface area contributed by atoms with Crippen molar-refractivity contribution in [2.45, 2.75) is 39.0 Å². The van der Waals surface area contributed by atoms with Crippen molar-refractivity contribution in [2.24, 2.45) is 0 Å².